The fourth-order valence-electron chi connectivity index (χ4n) is 3.27. The average molecular weight is 429 g/mol. The fourth-order valence-corrected chi connectivity index (χ4v) is 4.62. The first-order valence-corrected chi connectivity index (χ1v) is 11.5. The van der Waals surface area contributed by atoms with Crippen LogP contribution in [0.3, 0.4) is 0 Å². The molecule has 0 aromatic heterocycles. The number of hydrogen-bond donors (Lipinski definition) is 2. The first-order chi connectivity index (χ1) is 14.4. The van der Waals surface area contributed by atoms with Crippen molar-refractivity contribution in [3.8, 4) is 0 Å². The summed E-state index contributed by atoms with van der Waals surface area (Å²) in [6.45, 7) is -0.424. The van der Waals surface area contributed by atoms with Crippen LogP contribution in [-0.4, -0.2) is 32.9 Å². The summed E-state index contributed by atoms with van der Waals surface area (Å²) < 4.78 is 32.3. The Morgan fingerprint density at radius 1 is 1.00 bits per heavy atom. The van der Waals surface area contributed by atoms with Gasteiger partial charge in [-0.05, 0) is 55.4 Å². The number of benzene rings is 2. The highest BCUT2D eigenvalue weighted by Gasteiger charge is 2.33. The molecule has 2 aliphatic rings. The summed E-state index contributed by atoms with van der Waals surface area (Å²) in [4.78, 5) is 24.7. The van der Waals surface area contributed by atoms with Gasteiger partial charge in [0.1, 0.15) is 0 Å². The third kappa shape index (κ3) is 5.25. The van der Waals surface area contributed by atoms with E-state index in [-0.39, 0.29) is 28.4 Å². The molecule has 2 saturated carbocycles. The van der Waals surface area contributed by atoms with Gasteiger partial charge in [0.15, 0.2) is 6.61 Å². The Morgan fingerprint density at radius 3 is 2.40 bits per heavy atom. The van der Waals surface area contributed by atoms with E-state index in [9.17, 15) is 18.0 Å². The second kappa shape index (κ2) is 8.57. The number of carbonyl (C=O) groups excluding carboxylic acids is 2. The Hall–Kier alpha value is -2.71. The van der Waals surface area contributed by atoms with Crippen molar-refractivity contribution in [2.75, 3.05) is 6.61 Å². The van der Waals surface area contributed by atoms with Crippen molar-refractivity contribution in [2.24, 2.45) is 5.92 Å². The SMILES string of the molecule is O=C(COC(=O)c1cccc(S(=O)(=O)NC2CC2)c1)NC(c1ccccc1)C1CC1. The van der Waals surface area contributed by atoms with Gasteiger partial charge in [-0.15, -0.1) is 0 Å². The van der Waals surface area contributed by atoms with Crippen molar-refractivity contribution in [1.29, 1.82) is 0 Å². The first kappa shape index (κ1) is 20.6. The topological polar surface area (TPSA) is 102 Å². The molecule has 1 unspecified atom stereocenters. The molecule has 1 amide bonds. The molecule has 2 aromatic rings. The lowest BCUT2D eigenvalue weighted by molar-refractivity contribution is -0.125. The van der Waals surface area contributed by atoms with E-state index in [0.717, 1.165) is 31.2 Å². The molecular formula is C22H24N2O5S. The lowest BCUT2D eigenvalue weighted by atomic mass is 10.0. The second-order valence-electron chi connectivity index (χ2n) is 7.79. The molecule has 7 nitrogen and oxygen atoms in total. The van der Waals surface area contributed by atoms with Crippen LogP contribution in [-0.2, 0) is 19.6 Å². The highest BCUT2D eigenvalue weighted by molar-refractivity contribution is 7.89. The molecule has 0 saturated heterocycles. The maximum absolute atomic E-state index is 12.4. The molecule has 2 aromatic carbocycles. The highest BCUT2D eigenvalue weighted by Crippen LogP contribution is 2.40. The van der Waals surface area contributed by atoms with Crippen molar-refractivity contribution < 1.29 is 22.7 Å². The zero-order chi connectivity index (χ0) is 21.1. The van der Waals surface area contributed by atoms with Gasteiger partial charge < -0.3 is 10.1 Å². The molecule has 1 atom stereocenters. The Morgan fingerprint density at radius 2 is 1.73 bits per heavy atom. The van der Waals surface area contributed by atoms with Crippen LogP contribution in [0.25, 0.3) is 0 Å². The van der Waals surface area contributed by atoms with E-state index >= 15 is 0 Å². The minimum atomic E-state index is -3.67. The van der Waals surface area contributed by atoms with Crippen LogP contribution in [0, 0.1) is 5.92 Å². The van der Waals surface area contributed by atoms with Gasteiger partial charge in [0.25, 0.3) is 5.91 Å². The van der Waals surface area contributed by atoms with Crippen LogP contribution in [0.2, 0.25) is 0 Å². The molecule has 30 heavy (non-hydrogen) atoms. The smallest absolute Gasteiger partial charge is 0.338 e. The molecule has 4 rings (SSSR count). The van der Waals surface area contributed by atoms with Crippen molar-refractivity contribution in [1.82, 2.24) is 10.0 Å². The van der Waals surface area contributed by atoms with E-state index in [1.54, 1.807) is 0 Å². The van der Waals surface area contributed by atoms with E-state index in [1.165, 1.54) is 24.3 Å². The third-order valence-electron chi connectivity index (χ3n) is 5.18. The number of hydrogen-bond acceptors (Lipinski definition) is 5. The molecule has 2 fully saturated rings. The molecule has 158 valence electrons. The quantitative estimate of drug-likeness (QED) is 0.598. The van der Waals surface area contributed by atoms with Gasteiger partial charge in [0.2, 0.25) is 10.0 Å². The largest absolute Gasteiger partial charge is 0.452 e. The van der Waals surface area contributed by atoms with E-state index in [4.69, 9.17) is 4.74 Å². The molecule has 0 spiro atoms. The zero-order valence-corrected chi connectivity index (χ0v) is 17.2. The number of sulfonamides is 1. The molecule has 8 heteroatoms. The molecule has 2 N–H and O–H groups in total. The van der Waals surface area contributed by atoms with Gasteiger partial charge in [-0.2, -0.15) is 0 Å². The Labute approximate surface area is 175 Å². The summed E-state index contributed by atoms with van der Waals surface area (Å²) in [6, 6.07) is 15.2. The lowest BCUT2D eigenvalue weighted by Gasteiger charge is -2.18. The molecule has 0 bridgehead atoms. The molecule has 0 aliphatic heterocycles. The van der Waals surface area contributed by atoms with Gasteiger partial charge in [0.05, 0.1) is 16.5 Å². The van der Waals surface area contributed by atoms with Crippen LogP contribution < -0.4 is 10.0 Å². The predicted octanol–water partition coefficient (Wildman–Crippen LogP) is 2.55. The number of amides is 1. The summed E-state index contributed by atoms with van der Waals surface area (Å²) in [5.41, 5.74) is 1.11. The summed E-state index contributed by atoms with van der Waals surface area (Å²) in [5, 5.41) is 2.94. The van der Waals surface area contributed by atoms with Crippen LogP contribution >= 0.6 is 0 Å². The number of nitrogens with one attached hydrogen (secondary N) is 2. The van der Waals surface area contributed by atoms with Crippen LogP contribution in [0.1, 0.15) is 47.6 Å². The molecule has 0 radical (unpaired) electrons. The van der Waals surface area contributed by atoms with Crippen molar-refractivity contribution in [3.63, 3.8) is 0 Å². The second-order valence-corrected chi connectivity index (χ2v) is 9.51. The summed E-state index contributed by atoms with van der Waals surface area (Å²) in [7, 11) is -3.67. The Bertz CT molecular complexity index is 1030. The standard InChI is InChI=1S/C22H24N2O5S/c25-20(23-21(16-9-10-16)15-5-2-1-3-6-15)14-29-22(26)17-7-4-8-19(13-17)30(27,28)24-18-11-12-18/h1-8,13,16,18,21,24H,9-12,14H2,(H,23,25). The van der Waals surface area contributed by atoms with Crippen LogP contribution in [0.5, 0.6) is 0 Å². The van der Waals surface area contributed by atoms with E-state index in [2.05, 4.69) is 10.0 Å². The first-order valence-electron chi connectivity index (χ1n) is 10.1. The van der Waals surface area contributed by atoms with E-state index in [1.807, 2.05) is 30.3 Å². The Kier molecular flexibility index (Phi) is 5.87. The third-order valence-corrected chi connectivity index (χ3v) is 6.70. The normalized spacial score (nSPS) is 17.2. The maximum Gasteiger partial charge on any atom is 0.338 e. The monoisotopic (exact) mass is 428 g/mol. The van der Waals surface area contributed by atoms with Gasteiger partial charge >= 0.3 is 5.97 Å². The van der Waals surface area contributed by atoms with E-state index < -0.39 is 22.6 Å². The minimum Gasteiger partial charge on any atom is -0.452 e. The average Bonchev–Trinajstić information content (AvgIpc) is 3.66. The zero-order valence-electron chi connectivity index (χ0n) is 16.4. The van der Waals surface area contributed by atoms with E-state index in [0.29, 0.717) is 5.92 Å². The highest BCUT2D eigenvalue weighted by atomic mass is 32.2. The minimum absolute atomic E-state index is 0.00572. The summed E-state index contributed by atoms with van der Waals surface area (Å²) in [5.74, 6) is -0.729. The van der Waals surface area contributed by atoms with Gasteiger partial charge in [0, 0.05) is 6.04 Å². The predicted molar refractivity (Wildman–Crippen MR) is 110 cm³/mol. The summed E-state index contributed by atoms with van der Waals surface area (Å²) in [6.07, 6.45) is 3.74. The van der Waals surface area contributed by atoms with Crippen molar-refractivity contribution in [3.05, 3.63) is 65.7 Å². The van der Waals surface area contributed by atoms with Crippen molar-refractivity contribution >= 4 is 21.9 Å². The molecule has 2 aliphatic carbocycles. The van der Waals surface area contributed by atoms with Crippen LogP contribution in [0.4, 0.5) is 0 Å². The maximum atomic E-state index is 12.4. The number of carbonyl (C=O) groups is 2. The van der Waals surface area contributed by atoms with Crippen LogP contribution in [0.15, 0.2) is 59.5 Å². The summed E-state index contributed by atoms with van der Waals surface area (Å²) >= 11 is 0. The van der Waals surface area contributed by atoms with Gasteiger partial charge in [-0.25, -0.2) is 17.9 Å². The number of ether oxygens (including phenoxy) is 1. The Balaban J connectivity index is 1.35. The molecule has 0 heterocycles. The number of esters is 1. The van der Waals surface area contributed by atoms with Gasteiger partial charge in [-0.3, -0.25) is 4.79 Å². The molecular weight excluding hydrogens is 404 g/mol. The fraction of sp³-hybridized carbons (Fsp3) is 0.364. The van der Waals surface area contributed by atoms with Crippen molar-refractivity contribution in [2.45, 2.75) is 42.7 Å². The number of rotatable bonds is 9. The lowest BCUT2D eigenvalue weighted by Crippen LogP contribution is -2.33. The van der Waals surface area contributed by atoms with Gasteiger partial charge in [-0.1, -0.05) is 36.4 Å².